The Morgan fingerprint density at radius 3 is 2.45 bits per heavy atom. The summed E-state index contributed by atoms with van der Waals surface area (Å²) < 4.78 is 55.8. The maximum atomic E-state index is 12.9. The van der Waals surface area contributed by atoms with E-state index in [2.05, 4.69) is 25.9 Å². The van der Waals surface area contributed by atoms with E-state index < -0.39 is 28.9 Å². The fraction of sp³-hybridized carbons (Fsp3) is 0.0909. The second-order valence-electron chi connectivity index (χ2n) is 3.53. The van der Waals surface area contributed by atoms with Crippen LogP contribution in [0, 0.1) is 5.82 Å². The first-order valence-electron chi connectivity index (χ1n) is 5.00. The molecule has 0 saturated heterocycles. The molecule has 2 aromatic rings. The molecule has 0 unspecified atom stereocenters. The number of rotatable bonds is 2. The van der Waals surface area contributed by atoms with Crippen molar-refractivity contribution >= 4 is 27.5 Å². The third-order valence-electron chi connectivity index (χ3n) is 2.03. The minimum atomic E-state index is -4.75. The van der Waals surface area contributed by atoms with Crippen LogP contribution in [0.5, 0.6) is 11.6 Å². The molecule has 20 heavy (non-hydrogen) atoms. The first-order valence-corrected chi connectivity index (χ1v) is 6.17. The predicted molar refractivity (Wildman–Crippen MR) is 66.2 cm³/mol. The van der Waals surface area contributed by atoms with Gasteiger partial charge in [-0.15, -0.1) is 0 Å². The number of alkyl halides is 3. The number of hydrogen-bond donors (Lipinski definition) is 0. The van der Waals surface area contributed by atoms with E-state index in [1.165, 1.54) is 6.07 Å². The zero-order valence-electron chi connectivity index (χ0n) is 9.38. The van der Waals surface area contributed by atoms with E-state index in [-0.39, 0.29) is 10.2 Å². The Bertz CT molecular complexity index is 651. The van der Waals surface area contributed by atoms with Gasteiger partial charge in [0.15, 0.2) is 0 Å². The average Bonchev–Trinajstić information content (AvgIpc) is 2.31. The van der Waals surface area contributed by atoms with Crippen molar-refractivity contribution in [1.29, 1.82) is 0 Å². The SMILES string of the molecule is Fc1ccc(Oc2cc(Cl)nc(C(F)(F)F)n2)c(Br)c1. The Hall–Kier alpha value is -1.41. The average molecular weight is 372 g/mol. The van der Waals surface area contributed by atoms with Gasteiger partial charge in [0.25, 0.3) is 0 Å². The van der Waals surface area contributed by atoms with Gasteiger partial charge < -0.3 is 4.74 Å². The first kappa shape index (κ1) is 15.0. The molecule has 0 aliphatic rings. The summed E-state index contributed by atoms with van der Waals surface area (Å²) in [5, 5.41) is -0.416. The van der Waals surface area contributed by atoms with Crippen LogP contribution < -0.4 is 4.74 Å². The van der Waals surface area contributed by atoms with Gasteiger partial charge in [0, 0.05) is 6.07 Å². The standard InChI is InChI=1S/C11H4BrClF4N2O/c12-6-3-5(14)1-2-7(6)20-9-4-8(13)18-10(19-9)11(15,16)17/h1-4H. The highest BCUT2D eigenvalue weighted by Gasteiger charge is 2.35. The van der Waals surface area contributed by atoms with Crippen LogP contribution >= 0.6 is 27.5 Å². The lowest BCUT2D eigenvalue weighted by Gasteiger charge is -2.10. The Kier molecular flexibility index (Phi) is 4.14. The van der Waals surface area contributed by atoms with Crippen LogP contribution in [0.2, 0.25) is 5.15 Å². The zero-order valence-corrected chi connectivity index (χ0v) is 11.7. The van der Waals surface area contributed by atoms with Crippen molar-refractivity contribution in [1.82, 2.24) is 9.97 Å². The largest absolute Gasteiger partial charge is 0.451 e. The third-order valence-corrected chi connectivity index (χ3v) is 2.85. The molecule has 9 heteroatoms. The molecule has 0 N–H and O–H groups in total. The molecule has 0 radical (unpaired) electrons. The number of ether oxygens (including phenoxy) is 1. The van der Waals surface area contributed by atoms with E-state index in [0.29, 0.717) is 0 Å². The van der Waals surface area contributed by atoms with E-state index in [9.17, 15) is 17.6 Å². The van der Waals surface area contributed by atoms with Crippen LogP contribution in [-0.2, 0) is 6.18 Å². The highest BCUT2D eigenvalue weighted by molar-refractivity contribution is 9.10. The molecule has 0 saturated carbocycles. The molecular formula is C11H4BrClF4N2O. The number of nitrogens with zero attached hydrogens (tertiary/aromatic N) is 2. The summed E-state index contributed by atoms with van der Waals surface area (Å²) in [4.78, 5) is 6.27. The van der Waals surface area contributed by atoms with Crippen molar-refractivity contribution in [2.75, 3.05) is 0 Å². The molecular weight excluding hydrogens is 367 g/mol. The van der Waals surface area contributed by atoms with Gasteiger partial charge in [0.05, 0.1) is 4.47 Å². The second kappa shape index (κ2) is 5.53. The molecule has 0 spiro atoms. The summed E-state index contributed by atoms with van der Waals surface area (Å²) in [7, 11) is 0. The first-order chi connectivity index (χ1) is 9.25. The van der Waals surface area contributed by atoms with Crippen LogP contribution in [0.15, 0.2) is 28.7 Å². The Morgan fingerprint density at radius 2 is 1.85 bits per heavy atom. The van der Waals surface area contributed by atoms with Crippen molar-refractivity contribution in [3.63, 3.8) is 0 Å². The van der Waals surface area contributed by atoms with E-state index >= 15 is 0 Å². The summed E-state index contributed by atoms with van der Waals surface area (Å²) >= 11 is 8.50. The number of aromatic nitrogens is 2. The van der Waals surface area contributed by atoms with Crippen LogP contribution in [-0.4, -0.2) is 9.97 Å². The van der Waals surface area contributed by atoms with Crippen LogP contribution in [0.4, 0.5) is 17.6 Å². The monoisotopic (exact) mass is 370 g/mol. The van der Waals surface area contributed by atoms with Crippen LogP contribution in [0.25, 0.3) is 0 Å². The third kappa shape index (κ3) is 3.57. The molecule has 1 aromatic carbocycles. The Balaban J connectivity index is 2.36. The molecule has 106 valence electrons. The highest BCUT2D eigenvalue weighted by Crippen LogP contribution is 2.33. The van der Waals surface area contributed by atoms with Crippen molar-refractivity contribution in [2.24, 2.45) is 0 Å². The highest BCUT2D eigenvalue weighted by atomic mass is 79.9. The summed E-state index contributed by atoms with van der Waals surface area (Å²) in [6.07, 6.45) is -4.75. The fourth-order valence-electron chi connectivity index (χ4n) is 1.25. The van der Waals surface area contributed by atoms with E-state index in [1.54, 1.807) is 0 Å². The molecule has 0 aliphatic carbocycles. The topological polar surface area (TPSA) is 35.0 Å². The minimum Gasteiger partial charge on any atom is -0.438 e. The van der Waals surface area contributed by atoms with Gasteiger partial charge >= 0.3 is 6.18 Å². The van der Waals surface area contributed by atoms with Crippen molar-refractivity contribution in [3.05, 3.63) is 45.5 Å². The van der Waals surface area contributed by atoms with Crippen LogP contribution in [0.1, 0.15) is 5.82 Å². The lowest BCUT2D eigenvalue weighted by atomic mass is 10.3. The summed E-state index contributed by atoms with van der Waals surface area (Å²) in [5.74, 6) is -2.25. The van der Waals surface area contributed by atoms with Crippen molar-refractivity contribution < 1.29 is 22.3 Å². The quantitative estimate of drug-likeness (QED) is 0.559. The number of halogens is 6. The molecule has 0 atom stereocenters. The molecule has 0 bridgehead atoms. The maximum Gasteiger partial charge on any atom is 0.451 e. The lowest BCUT2D eigenvalue weighted by Crippen LogP contribution is -2.11. The van der Waals surface area contributed by atoms with Gasteiger partial charge in [-0.3, -0.25) is 0 Å². The summed E-state index contributed by atoms with van der Waals surface area (Å²) in [5.41, 5.74) is 0. The van der Waals surface area contributed by atoms with Gasteiger partial charge in [-0.25, -0.2) is 9.37 Å². The normalized spacial score (nSPS) is 11.5. The second-order valence-corrected chi connectivity index (χ2v) is 4.77. The molecule has 0 amide bonds. The molecule has 1 heterocycles. The summed E-state index contributed by atoms with van der Waals surface area (Å²) in [6, 6.07) is 4.45. The van der Waals surface area contributed by atoms with Gasteiger partial charge in [-0.2, -0.15) is 18.2 Å². The smallest absolute Gasteiger partial charge is 0.438 e. The van der Waals surface area contributed by atoms with E-state index in [0.717, 1.165) is 18.2 Å². The number of benzene rings is 1. The van der Waals surface area contributed by atoms with Crippen molar-refractivity contribution in [3.8, 4) is 11.6 Å². The maximum absolute atomic E-state index is 12.9. The lowest BCUT2D eigenvalue weighted by molar-refractivity contribution is -0.145. The molecule has 0 aliphatic heterocycles. The fourth-order valence-corrected chi connectivity index (χ4v) is 1.85. The molecule has 2 rings (SSSR count). The zero-order chi connectivity index (χ0) is 14.9. The van der Waals surface area contributed by atoms with Crippen LogP contribution in [0.3, 0.4) is 0 Å². The van der Waals surface area contributed by atoms with Gasteiger partial charge in [0.1, 0.15) is 16.7 Å². The predicted octanol–water partition coefficient (Wildman–Crippen LogP) is 4.84. The van der Waals surface area contributed by atoms with Gasteiger partial charge in [-0.05, 0) is 34.1 Å². The number of hydrogen-bond acceptors (Lipinski definition) is 3. The Morgan fingerprint density at radius 1 is 1.15 bits per heavy atom. The molecule has 1 aromatic heterocycles. The van der Waals surface area contributed by atoms with E-state index in [4.69, 9.17) is 16.3 Å². The molecule has 0 fully saturated rings. The Labute approximate surface area is 123 Å². The molecule has 3 nitrogen and oxygen atoms in total. The minimum absolute atomic E-state index is 0.0919. The van der Waals surface area contributed by atoms with E-state index in [1.807, 2.05) is 0 Å². The van der Waals surface area contributed by atoms with Crippen molar-refractivity contribution in [2.45, 2.75) is 6.18 Å². The van der Waals surface area contributed by atoms with Gasteiger partial charge in [0.2, 0.25) is 11.7 Å². The van der Waals surface area contributed by atoms with Gasteiger partial charge in [-0.1, -0.05) is 11.6 Å². The summed E-state index contributed by atoms with van der Waals surface area (Å²) in [6.45, 7) is 0.